The van der Waals surface area contributed by atoms with E-state index in [9.17, 15) is 4.79 Å². The molecule has 1 aliphatic rings. The SMILES string of the molecule is Cc1nc2nc(CN3CCN(c4ccccc4)CC3)[nH]n2c(=O)c1Cc1cccc(Cl)c1. The van der Waals surface area contributed by atoms with Gasteiger partial charge in [-0.25, -0.2) is 4.98 Å². The molecule has 2 aromatic carbocycles. The van der Waals surface area contributed by atoms with Crippen molar-refractivity contribution in [1.29, 1.82) is 0 Å². The summed E-state index contributed by atoms with van der Waals surface area (Å²) in [5, 5.41) is 3.83. The Balaban J connectivity index is 1.32. The van der Waals surface area contributed by atoms with Gasteiger partial charge in [-0.2, -0.15) is 9.50 Å². The molecule has 8 heteroatoms. The van der Waals surface area contributed by atoms with E-state index >= 15 is 0 Å². The highest BCUT2D eigenvalue weighted by atomic mass is 35.5. The number of aryl methyl sites for hydroxylation is 1. The Hall–Kier alpha value is -3.16. The fourth-order valence-corrected chi connectivity index (χ4v) is 4.45. The maximum Gasteiger partial charge on any atom is 0.277 e. The number of nitrogens with zero attached hydrogens (tertiary/aromatic N) is 5. The summed E-state index contributed by atoms with van der Waals surface area (Å²) in [6, 6.07) is 18.0. The van der Waals surface area contributed by atoms with Crippen LogP contribution in [0.15, 0.2) is 59.4 Å². The number of para-hydroxylation sites is 1. The molecule has 1 fully saturated rings. The first-order valence-electron chi connectivity index (χ1n) is 10.8. The molecule has 0 aliphatic carbocycles. The molecule has 0 unspecified atom stereocenters. The number of rotatable bonds is 5. The third kappa shape index (κ3) is 4.26. The third-order valence-corrected chi connectivity index (χ3v) is 6.21. The molecule has 2 aromatic heterocycles. The molecule has 0 spiro atoms. The van der Waals surface area contributed by atoms with Gasteiger partial charge in [0.05, 0.1) is 12.2 Å². The lowest BCUT2D eigenvalue weighted by Crippen LogP contribution is -2.46. The number of fused-ring (bicyclic) bond motifs is 1. The Labute approximate surface area is 191 Å². The van der Waals surface area contributed by atoms with Gasteiger partial charge in [0.1, 0.15) is 5.82 Å². The van der Waals surface area contributed by atoms with Gasteiger partial charge < -0.3 is 4.90 Å². The molecule has 7 nitrogen and oxygen atoms in total. The fourth-order valence-electron chi connectivity index (χ4n) is 4.24. The van der Waals surface area contributed by atoms with Gasteiger partial charge in [-0.05, 0) is 36.8 Å². The minimum atomic E-state index is -0.111. The van der Waals surface area contributed by atoms with Gasteiger partial charge in [0.2, 0.25) is 0 Å². The van der Waals surface area contributed by atoms with E-state index in [4.69, 9.17) is 11.6 Å². The standard InChI is InChI=1S/C24H25ClN6O/c1-17-21(15-18-6-5-7-19(25)14-18)23(32)31-24(26-17)27-22(28-31)16-29-10-12-30(13-11-29)20-8-3-2-4-9-20/h2-9,14H,10-13,15-16H2,1H3,(H,26,27,28). The summed E-state index contributed by atoms with van der Waals surface area (Å²) in [7, 11) is 0. The van der Waals surface area contributed by atoms with E-state index in [1.165, 1.54) is 10.2 Å². The van der Waals surface area contributed by atoms with Crippen LogP contribution in [0.3, 0.4) is 0 Å². The van der Waals surface area contributed by atoms with Crippen LogP contribution in [0.1, 0.15) is 22.6 Å². The molecule has 164 valence electrons. The maximum absolute atomic E-state index is 13.1. The van der Waals surface area contributed by atoms with Crippen molar-refractivity contribution in [3.63, 3.8) is 0 Å². The molecular weight excluding hydrogens is 424 g/mol. The van der Waals surface area contributed by atoms with Crippen molar-refractivity contribution in [2.45, 2.75) is 19.9 Å². The Bertz CT molecular complexity index is 1290. The van der Waals surface area contributed by atoms with Gasteiger partial charge in [0, 0.05) is 48.9 Å². The molecule has 0 amide bonds. The highest BCUT2D eigenvalue weighted by molar-refractivity contribution is 6.30. The zero-order valence-corrected chi connectivity index (χ0v) is 18.7. The Kier molecular flexibility index (Phi) is 5.68. The molecule has 5 rings (SSSR count). The summed E-state index contributed by atoms with van der Waals surface area (Å²) in [5.74, 6) is 1.17. The normalized spacial score (nSPS) is 14.9. The largest absolute Gasteiger partial charge is 0.369 e. The van der Waals surface area contributed by atoms with Crippen LogP contribution in [0.25, 0.3) is 5.78 Å². The first-order chi connectivity index (χ1) is 15.6. The third-order valence-electron chi connectivity index (χ3n) is 5.98. The van der Waals surface area contributed by atoms with E-state index in [2.05, 4.69) is 49.1 Å². The lowest BCUT2D eigenvalue weighted by molar-refractivity contribution is 0.244. The van der Waals surface area contributed by atoms with E-state index < -0.39 is 0 Å². The number of halogens is 1. The second-order valence-electron chi connectivity index (χ2n) is 8.19. The van der Waals surface area contributed by atoms with E-state index in [1.54, 1.807) is 0 Å². The lowest BCUT2D eigenvalue weighted by atomic mass is 10.1. The predicted molar refractivity (Wildman–Crippen MR) is 127 cm³/mol. The Morgan fingerprint density at radius 1 is 1.00 bits per heavy atom. The molecule has 0 atom stereocenters. The molecule has 1 N–H and O–H groups in total. The van der Waals surface area contributed by atoms with Crippen LogP contribution >= 0.6 is 11.6 Å². The summed E-state index contributed by atoms with van der Waals surface area (Å²) < 4.78 is 1.46. The summed E-state index contributed by atoms with van der Waals surface area (Å²) >= 11 is 6.10. The highest BCUT2D eigenvalue weighted by Crippen LogP contribution is 2.17. The smallest absolute Gasteiger partial charge is 0.277 e. The van der Waals surface area contributed by atoms with Crippen molar-refractivity contribution >= 4 is 23.1 Å². The van der Waals surface area contributed by atoms with Crippen molar-refractivity contribution < 1.29 is 0 Å². The van der Waals surface area contributed by atoms with E-state index in [1.807, 2.05) is 37.3 Å². The molecule has 1 saturated heterocycles. The summed E-state index contributed by atoms with van der Waals surface area (Å²) in [5.41, 5.74) is 3.48. The first-order valence-corrected chi connectivity index (χ1v) is 11.2. The number of anilines is 1. The average molecular weight is 449 g/mol. The Morgan fingerprint density at radius 3 is 2.53 bits per heavy atom. The highest BCUT2D eigenvalue weighted by Gasteiger charge is 2.20. The van der Waals surface area contributed by atoms with Gasteiger partial charge in [0.15, 0.2) is 0 Å². The first kappa shape index (κ1) is 20.7. The molecule has 1 aliphatic heterocycles. The number of piperazine rings is 1. The van der Waals surface area contributed by atoms with Crippen LogP contribution in [-0.4, -0.2) is 50.7 Å². The number of aromatic amines is 1. The Morgan fingerprint density at radius 2 is 1.78 bits per heavy atom. The van der Waals surface area contributed by atoms with Crippen LogP contribution in [-0.2, 0) is 13.0 Å². The zero-order valence-electron chi connectivity index (χ0n) is 18.0. The fraction of sp³-hybridized carbons (Fsp3) is 0.292. The number of hydrogen-bond acceptors (Lipinski definition) is 5. The number of aromatic nitrogens is 4. The van der Waals surface area contributed by atoms with Gasteiger partial charge in [-0.15, -0.1) is 0 Å². The number of H-pyrrole nitrogens is 1. The monoisotopic (exact) mass is 448 g/mol. The molecule has 3 heterocycles. The maximum atomic E-state index is 13.1. The van der Waals surface area contributed by atoms with Gasteiger partial charge in [-0.1, -0.05) is 41.9 Å². The number of benzene rings is 2. The molecule has 0 bridgehead atoms. The van der Waals surface area contributed by atoms with Crippen molar-refractivity contribution in [3.8, 4) is 0 Å². The van der Waals surface area contributed by atoms with Crippen LogP contribution in [0.2, 0.25) is 5.02 Å². The quantitative estimate of drug-likeness (QED) is 0.507. The minimum absolute atomic E-state index is 0.111. The van der Waals surface area contributed by atoms with Gasteiger partial charge in [-0.3, -0.25) is 14.8 Å². The van der Waals surface area contributed by atoms with Crippen molar-refractivity contribution in [3.05, 3.63) is 92.6 Å². The van der Waals surface area contributed by atoms with E-state index in [-0.39, 0.29) is 5.56 Å². The number of hydrogen-bond donors (Lipinski definition) is 1. The van der Waals surface area contributed by atoms with Gasteiger partial charge in [0.25, 0.3) is 11.3 Å². The van der Waals surface area contributed by atoms with E-state index in [0.717, 1.165) is 37.6 Å². The second kappa shape index (κ2) is 8.76. The van der Waals surface area contributed by atoms with Crippen LogP contribution in [0, 0.1) is 6.92 Å². The predicted octanol–water partition coefficient (Wildman–Crippen LogP) is 3.29. The van der Waals surface area contributed by atoms with Crippen LogP contribution < -0.4 is 10.5 Å². The lowest BCUT2D eigenvalue weighted by Gasteiger charge is -2.35. The zero-order chi connectivity index (χ0) is 22.1. The molecule has 4 aromatic rings. The van der Waals surface area contributed by atoms with E-state index in [0.29, 0.717) is 35.0 Å². The summed E-state index contributed by atoms with van der Waals surface area (Å²) in [6.45, 7) is 6.32. The van der Waals surface area contributed by atoms with Crippen molar-refractivity contribution in [2.24, 2.45) is 0 Å². The van der Waals surface area contributed by atoms with Crippen molar-refractivity contribution in [2.75, 3.05) is 31.1 Å². The molecule has 0 radical (unpaired) electrons. The molecule has 0 saturated carbocycles. The number of nitrogens with one attached hydrogen (secondary N) is 1. The second-order valence-corrected chi connectivity index (χ2v) is 8.63. The average Bonchev–Trinajstić information content (AvgIpc) is 3.20. The summed E-state index contributed by atoms with van der Waals surface area (Å²) in [6.07, 6.45) is 0.483. The van der Waals surface area contributed by atoms with Crippen LogP contribution in [0.4, 0.5) is 5.69 Å². The minimum Gasteiger partial charge on any atom is -0.369 e. The summed E-state index contributed by atoms with van der Waals surface area (Å²) in [4.78, 5) is 27.1. The van der Waals surface area contributed by atoms with Crippen LogP contribution in [0.5, 0.6) is 0 Å². The van der Waals surface area contributed by atoms with Crippen molar-refractivity contribution in [1.82, 2.24) is 24.5 Å². The topological polar surface area (TPSA) is 69.5 Å². The van der Waals surface area contributed by atoms with Gasteiger partial charge >= 0.3 is 0 Å². The molecular formula is C24H25ClN6O. The molecule has 32 heavy (non-hydrogen) atoms.